The summed E-state index contributed by atoms with van der Waals surface area (Å²) in [5.41, 5.74) is 21.6. The number of carbonyl (C=O) groups excluding carboxylic acids is 2. The maximum Gasteiger partial charge on any atom is 0.265 e. The van der Waals surface area contributed by atoms with E-state index in [2.05, 4.69) is 85.8 Å². The molecule has 0 unspecified atom stereocenters. The fraction of sp³-hybridized carbons (Fsp3) is 0.188. The molecular formula is C32H34N4O2. The topological polar surface area (TPSA) is 82.3 Å². The molecule has 38 heavy (non-hydrogen) atoms. The van der Waals surface area contributed by atoms with Gasteiger partial charge in [-0.15, -0.1) is 0 Å². The molecule has 0 bridgehead atoms. The van der Waals surface area contributed by atoms with Crippen molar-refractivity contribution < 1.29 is 9.59 Å². The van der Waals surface area contributed by atoms with Crippen molar-refractivity contribution in [3.8, 4) is 11.1 Å². The van der Waals surface area contributed by atoms with Gasteiger partial charge in [-0.3, -0.25) is 20.4 Å². The fourth-order valence-electron chi connectivity index (χ4n) is 4.57. The monoisotopic (exact) mass is 506 g/mol. The molecule has 2 amide bonds. The molecule has 6 heteroatoms. The van der Waals surface area contributed by atoms with Gasteiger partial charge < -0.3 is 0 Å². The van der Waals surface area contributed by atoms with E-state index in [1.165, 1.54) is 22.3 Å². The smallest absolute Gasteiger partial charge is 0.265 e. The van der Waals surface area contributed by atoms with Crippen molar-refractivity contribution in [2.24, 2.45) is 0 Å². The Morgan fingerprint density at radius 3 is 1.13 bits per heavy atom. The number of amides is 2. The average Bonchev–Trinajstić information content (AvgIpc) is 2.88. The largest absolute Gasteiger partial charge is 0.287 e. The van der Waals surface area contributed by atoms with Crippen LogP contribution in [0.3, 0.4) is 0 Å². The van der Waals surface area contributed by atoms with Gasteiger partial charge in [-0.2, -0.15) is 0 Å². The van der Waals surface area contributed by atoms with E-state index in [1.807, 2.05) is 24.3 Å². The summed E-state index contributed by atoms with van der Waals surface area (Å²) in [5.74, 6) is -0.387. The molecule has 4 N–H and O–H groups in total. The van der Waals surface area contributed by atoms with Crippen molar-refractivity contribution in [1.29, 1.82) is 0 Å². The molecule has 0 aromatic heterocycles. The van der Waals surface area contributed by atoms with Crippen LogP contribution in [-0.2, 0) is 13.1 Å². The van der Waals surface area contributed by atoms with E-state index in [0.717, 1.165) is 22.3 Å². The number of rotatable bonds is 9. The van der Waals surface area contributed by atoms with Crippen LogP contribution in [0.5, 0.6) is 0 Å². The Hall–Kier alpha value is -4.26. The highest BCUT2D eigenvalue weighted by Crippen LogP contribution is 2.20. The zero-order valence-corrected chi connectivity index (χ0v) is 22.3. The molecule has 0 fully saturated rings. The summed E-state index contributed by atoms with van der Waals surface area (Å²) < 4.78 is 0. The van der Waals surface area contributed by atoms with Gasteiger partial charge in [0.05, 0.1) is 0 Å². The summed E-state index contributed by atoms with van der Waals surface area (Å²) in [5, 5.41) is 0. The van der Waals surface area contributed by atoms with Gasteiger partial charge in [0.25, 0.3) is 11.8 Å². The first-order valence-corrected chi connectivity index (χ1v) is 12.7. The number of aryl methyl sites for hydroxylation is 4. The second-order valence-electron chi connectivity index (χ2n) is 9.76. The van der Waals surface area contributed by atoms with Gasteiger partial charge in [-0.05, 0) is 74.2 Å². The summed E-state index contributed by atoms with van der Waals surface area (Å²) >= 11 is 0. The molecule has 0 radical (unpaired) electrons. The molecule has 194 valence electrons. The third-order valence-corrected chi connectivity index (χ3v) is 6.18. The normalized spacial score (nSPS) is 10.7. The maximum absolute atomic E-state index is 12.5. The predicted octanol–water partition coefficient (Wildman–Crippen LogP) is 5.46. The highest BCUT2D eigenvalue weighted by atomic mass is 16.2. The van der Waals surface area contributed by atoms with E-state index in [4.69, 9.17) is 0 Å². The SMILES string of the molecule is Cc1cc(C)cc(CNNC(=O)c2ccc(-c3ccc(C(=O)NNCc4cc(C)cc(C)c4)cc3)cc2)c1. The van der Waals surface area contributed by atoms with Crippen LogP contribution < -0.4 is 21.7 Å². The first kappa shape index (κ1) is 26.8. The van der Waals surface area contributed by atoms with Gasteiger partial charge in [-0.1, -0.05) is 82.9 Å². The van der Waals surface area contributed by atoms with Crippen molar-refractivity contribution in [1.82, 2.24) is 21.7 Å². The van der Waals surface area contributed by atoms with Crippen LogP contribution in [0, 0.1) is 27.7 Å². The van der Waals surface area contributed by atoms with Gasteiger partial charge in [0, 0.05) is 24.2 Å². The number of hydrazine groups is 2. The first-order chi connectivity index (χ1) is 18.3. The van der Waals surface area contributed by atoms with Gasteiger partial charge >= 0.3 is 0 Å². The standard InChI is InChI=1S/C32H34N4O2/c1-21-13-22(2)16-25(15-21)19-33-35-31(37)29-9-5-27(6-10-29)28-7-11-30(12-8-28)32(38)36-34-20-26-17-23(3)14-24(4)18-26/h5-18,33-34H,19-20H2,1-4H3,(H,35,37)(H,36,38). The van der Waals surface area contributed by atoms with Crippen LogP contribution in [0.15, 0.2) is 84.9 Å². The minimum Gasteiger partial charge on any atom is -0.287 e. The molecule has 0 spiro atoms. The molecule has 4 aromatic rings. The lowest BCUT2D eigenvalue weighted by molar-refractivity contribution is 0.0924. The lowest BCUT2D eigenvalue weighted by Crippen LogP contribution is -2.36. The average molecular weight is 507 g/mol. The van der Waals surface area contributed by atoms with Crippen LogP contribution in [-0.4, -0.2) is 11.8 Å². The van der Waals surface area contributed by atoms with E-state index in [1.54, 1.807) is 24.3 Å². The number of carbonyl (C=O) groups is 2. The number of hydrogen-bond acceptors (Lipinski definition) is 4. The summed E-state index contributed by atoms with van der Waals surface area (Å²) in [6.45, 7) is 9.34. The van der Waals surface area contributed by atoms with Crippen molar-refractivity contribution in [2.75, 3.05) is 0 Å². The van der Waals surface area contributed by atoms with Crippen LogP contribution in [0.25, 0.3) is 11.1 Å². The minimum atomic E-state index is -0.193. The molecule has 0 aliphatic carbocycles. The third kappa shape index (κ3) is 7.38. The molecule has 0 saturated carbocycles. The molecule has 4 rings (SSSR count). The highest BCUT2D eigenvalue weighted by Gasteiger charge is 2.08. The second-order valence-corrected chi connectivity index (χ2v) is 9.76. The van der Waals surface area contributed by atoms with Gasteiger partial charge in [0.1, 0.15) is 0 Å². The number of benzene rings is 4. The van der Waals surface area contributed by atoms with Crippen LogP contribution in [0.4, 0.5) is 0 Å². The summed E-state index contributed by atoms with van der Waals surface area (Å²) in [6.07, 6.45) is 0. The zero-order valence-electron chi connectivity index (χ0n) is 22.3. The molecule has 6 nitrogen and oxygen atoms in total. The predicted molar refractivity (Wildman–Crippen MR) is 152 cm³/mol. The van der Waals surface area contributed by atoms with Crippen LogP contribution >= 0.6 is 0 Å². The summed E-state index contributed by atoms with van der Waals surface area (Å²) in [7, 11) is 0. The van der Waals surface area contributed by atoms with E-state index in [9.17, 15) is 9.59 Å². The molecular weight excluding hydrogens is 472 g/mol. The van der Waals surface area contributed by atoms with Crippen molar-refractivity contribution in [3.05, 3.63) is 129 Å². The van der Waals surface area contributed by atoms with Gasteiger partial charge in [-0.25, -0.2) is 10.9 Å². The lowest BCUT2D eigenvalue weighted by atomic mass is 10.0. The van der Waals surface area contributed by atoms with Crippen LogP contribution in [0.2, 0.25) is 0 Å². The molecule has 0 aliphatic heterocycles. The Balaban J connectivity index is 1.27. The first-order valence-electron chi connectivity index (χ1n) is 12.7. The molecule has 0 heterocycles. The lowest BCUT2D eigenvalue weighted by Gasteiger charge is -2.10. The molecule has 0 aliphatic rings. The van der Waals surface area contributed by atoms with Crippen LogP contribution in [0.1, 0.15) is 54.1 Å². The molecule has 4 aromatic carbocycles. The Bertz CT molecular complexity index is 1280. The van der Waals surface area contributed by atoms with E-state index < -0.39 is 0 Å². The highest BCUT2D eigenvalue weighted by molar-refractivity contribution is 5.95. The van der Waals surface area contributed by atoms with E-state index in [-0.39, 0.29) is 11.8 Å². The number of nitrogens with one attached hydrogen (secondary N) is 4. The third-order valence-electron chi connectivity index (χ3n) is 6.18. The van der Waals surface area contributed by atoms with Crippen molar-refractivity contribution in [3.63, 3.8) is 0 Å². The Kier molecular flexibility index (Phi) is 8.69. The second kappa shape index (κ2) is 12.3. The minimum absolute atomic E-state index is 0.193. The van der Waals surface area contributed by atoms with Gasteiger partial charge in [0.15, 0.2) is 0 Å². The molecule has 0 saturated heterocycles. The van der Waals surface area contributed by atoms with Gasteiger partial charge in [0.2, 0.25) is 0 Å². The van der Waals surface area contributed by atoms with Crippen molar-refractivity contribution in [2.45, 2.75) is 40.8 Å². The Morgan fingerprint density at radius 2 is 0.816 bits per heavy atom. The fourth-order valence-corrected chi connectivity index (χ4v) is 4.57. The number of hydrogen-bond donors (Lipinski definition) is 4. The molecule has 0 atom stereocenters. The van der Waals surface area contributed by atoms with Crippen molar-refractivity contribution >= 4 is 11.8 Å². The summed E-state index contributed by atoms with van der Waals surface area (Å²) in [4.78, 5) is 25.0. The van der Waals surface area contributed by atoms with E-state index in [0.29, 0.717) is 24.2 Å². The summed E-state index contributed by atoms with van der Waals surface area (Å²) in [6, 6.07) is 27.4. The zero-order chi connectivity index (χ0) is 27.1. The quantitative estimate of drug-likeness (QED) is 0.227. The Morgan fingerprint density at radius 1 is 0.500 bits per heavy atom. The maximum atomic E-state index is 12.5. The van der Waals surface area contributed by atoms with E-state index >= 15 is 0 Å². The Labute approximate surface area is 224 Å².